The van der Waals surface area contributed by atoms with E-state index in [2.05, 4.69) is 20.6 Å². The summed E-state index contributed by atoms with van der Waals surface area (Å²) in [6.45, 7) is 6.76. The molecule has 0 saturated carbocycles. The lowest BCUT2D eigenvalue weighted by molar-refractivity contribution is 0.0945. The van der Waals surface area contributed by atoms with Gasteiger partial charge in [-0.1, -0.05) is 17.3 Å². The molecule has 8 heteroatoms. The van der Waals surface area contributed by atoms with E-state index in [1.54, 1.807) is 23.1 Å². The van der Waals surface area contributed by atoms with Gasteiger partial charge >= 0.3 is 0 Å². The SMILES string of the molecule is COc1ccc(Cn2nnc(C(=O)NCc3nc(C)c(C)s3)c2C)cc1. The van der Waals surface area contributed by atoms with E-state index in [0.29, 0.717) is 18.8 Å². The summed E-state index contributed by atoms with van der Waals surface area (Å²) in [6, 6.07) is 7.72. The number of hydrogen-bond donors (Lipinski definition) is 1. The van der Waals surface area contributed by atoms with Gasteiger partial charge in [-0.05, 0) is 38.5 Å². The number of rotatable bonds is 6. The number of methoxy groups -OCH3 is 1. The lowest BCUT2D eigenvalue weighted by Gasteiger charge is -2.06. The molecular formula is C18H21N5O2S. The van der Waals surface area contributed by atoms with Crippen molar-refractivity contribution in [2.24, 2.45) is 0 Å². The van der Waals surface area contributed by atoms with Crippen molar-refractivity contribution in [2.75, 3.05) is 7.11 Å². The lowest BCUT2D eigenvalue weighted by Crippen LogP contribution is -2.24. The Balaban J connectivity index is 1.66. The Morgan fingerprint density at radius 3 is 2.58 bits per heavy atom. The third kappa shape index (κ3) is 3.91. The van der Waals surface area contributed by atoms with E-state index in [9.17, 15) is 4.79 Å². The van der Waals surface area contributed by atoms with Crippen LogP contribution in [-0.2, 0) is 13.1 Å². The van der Waals surface area contributed by atoms with Gasteiger partial charge in [0.25, 0.3) is 5.91 Å². The van der Waals surface area contributed by atoms with Crippen LogP contribution in [-0.4, -0.2) is 33.0 Å². The summed E-state index contributed by atoms with van der Waals surface area (Å²) >= 11 is 1.59. The van der Waals surface area contributed by atoms with Gasteiger partial charge in [0.15, 0.2) is 5.69 Å². The molecule has 2 aromatic heterocycles. The molecule has 0 aliphatic heterocycles. The minimum absolute atomic E-state index is 0.242. The highest BCUT2D eigenvalue weighted by Gasteiger charge is 2.17. The van der Waals surface area contributed by atoms with Crippen LogP contribution in [0, 0.1) is 20.8 Å². The molecule has 0 unspecified atom stereocenters. The van der Waals surface area contributed by atoms with Crippen LogP contribution >= 0.6 is 11.3 Å². The van der Waals surface area contributed by atoms with Crippen LogP contribution in [0.2, 0.25) is 0 Å². The number of carbonyl (C=O) groups is 1. The van der Waals surface area contributed by atoms with Crippen molar-refractivity contribution in [1.29, 1.82) is 0 Å². The Morgan fingerprint density at radius 2 is 1.96 bits per heavy atom. The van der Waals surface area contributed by atoms with E-state index in [-0.39, 0.29) is 5.91 Å². The Bertz CT molecular complexity index is 895. The van der Waals surface area contributed by atoms with Gasteiger partial charge in [-0.25, -0.2) is 9.67 Å². The fraction of sp³-hybridized carbons (Fsp3) is 0.333. The first-order valence-corrected chi connectivity index (χ1v) is 9.03. The Morgan fingerprint density at radius 1 is 1.23 bits per heavy atom. The zero-order valence-corrected chi connectivity index (χ0v) is 16.1. The molecule has 26 heavy (non-hydrogen) atoms. The molecule has 0 saturated heterocycles. The number of aromatic nitrogens is 4. The number of thiazole rings is 1. The maximum Gasteiger partial charge on any atom is 0.274 e. The van der Waals surface area contributed by atoms with Crippen LogP contribution in [0.5, 0.6) is 5.75 Å². The van der Waals surface area contributed by atoms with Gasteiger partial charge < -0.3 is 10.1 Å². The topological polar surface area (TPSA) is 81.9 Å². The van der Waals surface area contributed by atoms with Crippen LogP contribution in [0.4, 0.5) is 0 Å². The molecule has 7 nitrogen and oxygen atoms in total. The van der Waals surface area contributed by atoms with Crippen molar-refractivity contribution in [3.05, 3.63) is 56.8 Å². The van der Waals surface area contributed by atoms with Gasteiger partial charge in [0, 0.05) is 4.88 Å². The van der Waals surface area contributed by atoms with Crippen molar-refractivity contribution >= 4 is 17.2 Å². The summed E-state index contributed by atoms with van der Waals surface area (Å²) in [6.07, 6.45) is 0. The maximum absolute atomic E-state index is 12.4. The van der Waals surface area contributed by atoms with Crippen molar-refractivity contribution in [3.8, 4) is 5.75 Å². The van der Waals surface area contributed by atoms with Crippen molar-refractivity contribution in [1.82, 2.24) is 25.3 Å². The first kappa shape index (κ1) is 18.1. The molecule has 0 bridgehead atoms. The third-order valence-electron chi connectivity index (χ3n) is 4.16. The maximum atomic E-state index is 12.4. The minimum atomic E-state index is -0.242. The number of ether oxygens (including phenoxy) is 1. The highest BCUT2D eigenvalue weighted by Crippen LogP contribution is 2.16. The van der Waals surface area contributed by atoms with Crippen LogP contribution in [0.1, 0.15) is 37.3 Å². The molecular weight excluding hydrogens is 350 g/mol. The van der Waals surface area contributed by atoms with Gasteiger partial charge in [-0.3, -0.25) is 4.79 Å². The Hall–Kier alpha value is -2.74. The molecule has 0 spiro atoms. The van der Waals surface area contributed by atoms with Gasteiger partial charge in [-0.2, -0.15) is 0 Å². The van der Waals surface area contributed by atoms with Crippen LogP contribution in [0.15, 0.2) is 24.3 Å². The quantitative estimate of drug-likeness (QED) is 0.720. The van der Waals surface area contributed by atoms with E-state index in [1.807, 2.05) is 45.0 Å². The second kappa shape index (κ2) is 7.65. The van der Waals surface area contributed by atoms with Crippen LogP contribution in [0.25, 0.3) is 0 Å². The molecule has 1 amide bonds. The summed E-state index contributed by atoms with van der Waals surface area (Å²) in [5.74, 6) is 0.561. The number of hydrogen-bond acceptors (Lipinski definition) is 6. The van der Waals surface area contributed by atoms with E-state index in [4.69, 9.17) is 4.74 Å². The highest BCUT2D eigenvalue weighted by molar-refractivity contribution is 7.11. The second-order valence-corrected chi connectivity index (χ2v) is 7.25. The minimum Gasteiger partial charge on any atom is -0.497 e. The number of carbonyl (C=O) groups excluding carboxylic acids is 1. The van der Waals surface area contributed by atoms with E-state index in [1.165, 1.54) is 0 Å². The van der Waals surface area contributed by atoms with Gasteiger partial charge in [0.1, 0.15) is 10.8 Å². The number of nitrogens with zero attached hydrogens (tertiary/aromatic N) is 4. The van der Waals surface area contributed by atoms with Gasteiger partial charge in [0.05, 0.1) is 31.6 Å². The van der Waals surface area contributed by atoms with Gasteiger partial charge in [-0.15, -0.1) is 16.4 Å². The molecule has 136 valence electrons. The molecule has 0 aliphatic rings. The second-order valence-electron chi connectivity index (χ2n) is 5.96. The van der Waals surface area contributed by atoms with E-state index < -0.39 is 0 Å². The number of aryl methyl sites for hydroxylation is 2. The average Bonchev–Trinajstić information content (AvgIpc) is 3.16. The first-order valence-electron chi connectivity index (χ1n) is 8.22. The molecule has 1 aromatic carbocycles. The van der Waals surface area contributed by atoms with Crippen molar-refractivity contribution in [2.45, 2.75) is 33.9 Å². The van der Waals surface area contributed by atoms with Crippen LogP contribution in [0.3, 0.4) is 0 Å². The summed E-state index contributed by atoms with van der Waals surface area (Å²) in [7, 11) is 1.63. The van der Waals surface area contributed by atoms with E-state index in [0.717, 1.165) is 32.6 Å². The Kier molecular flexibility index (Phi) is 5.32. The predicted octanol–water partition coefficient (Wildman–Crippen LogP) is 2.65. The summed E-state index contributed by atoms with van der Waals surface area (Å²) < 4.78 is 6.88. The fourth-order valence-corrected chi connectivity index (χ4v) is 3.35. The average molecular weight is 371 g/mol. The first-order chi connectivity index (χ1) is 12.5. The molecule has 3 aromatic rings. The molecule has 0 atom stereocenters. The zero-order valence-electron chi connectivity index (χ0n) is 15.2. The summed E-state index contributed by atoms with van der Waals surface area (Å²) in [5, 5.41) is 11.9. The highest BCUT2D eigenvalue weighted by atomic mass is 32.1. The molecule has 0 aliphatic carbocycles. The predicted molar refractivity (Wildman–Crippen MR) is 99.6 cm³/mol. The number of amides is 1. The zero-order chi connectivity index (χ0) is 18.7. The molecule has 0 radical (unpaired) electrons. The van der Waals surface area contributed by atoms with Gasteiger partial charge in [0.2, 0.25) is 0 Å². The number of nitrogens with one attached hydrogen (secondary N) is 1. The summed E-state index contributed by atoms with van der Waals surface area (Å²) in [4.78, 5) is 18.0. The third-order valence-corrected chi connectivity index (χ3v) is 5.23. The largest absolute Gasteiger partial charge is 0.497 e. The normalized spacial score (nSPS) is 10.8. The lowest BCUT2D eigenvalue weighted by atomic mass is 10.2. The smallest absolute Gasteiger partial charge is 0.274 e. The van der Waals surface area contributed by atoms with Crippen LogP contribution < -0.4 is 10.1 Å². The monoisotopic (exact) mass is 371 g/mol. The standard InChI is InChI=1S/C18H21N5O2S/c1-11-13(3)26-16(20-11)9-19-18(24)17-12(2)23(22-21-17)10-14-5-7-15(25-4)8-6-14/h5-8H,9-10H2,1-4H3,(H,19,24). The molecule has 1 N–H and O–H groups in total. The Labute approximate surface area is 156 Å². The molecule has 0 fully saturated rings. The van der Waals surface area contributed by atoms with Crippen molar-refractivity contribution in [3.63, 3.8) is 0 Å². The van der Waals surface area contributed by atoms with E-state index >= 15 is 0 Å². The number of benzene rings is 1. The fourth-order valence-electron chi connectivity index (χ4n) is 2.48. The summed E-state index contributed by atoms with van der Waals surface area (Å²) in [5.41, 5.74) is 3.12. The van der Waals surface area contributed by atoms with Crippen molar-refractivity contribution < 1.29 is 9.53 Å². The molecule has 3 rings (SSSR count). The molecule has 2 heterocycles.